The van der Waals surface area contributed by atoms with Gasteiger partial charge in [-0.3, -0.25) is 4.79 Å². The van der Waals surface area contributed by atoms with Crippen LogP contribution >= 0.6 is 15.9 Å². The van der Waals surface area contributed by atoms with E-state index in [4.69, 9.17) is 5.11 Å². The highest BCUT2D eigenvalue weighted by molar-refractivity contribution is 9.10. The van der Waals surface area contributed by atoms with Crippen LogP contribution < -0.4 is 5.56 Å². The maximum Gasteiger partial charge on any atom is 0.341 e. The van der Waals surface area contributed by atoms with Gasteiger partial charge in [-0.05, 0) is 30.7 Å². The van der Waals surface area contributed by atoms with E-state index in [0.717, 1.165) is 4.47 Å². The second-order valence-corrected chi connectivity index (χ2v) is 4.80. The van der Waals surface area contributed by atoms with Gasteiger partial charge in [0.1, 0.15) is 5.56 Å². The molecule has 1 aromatic heterocycles. The van der Waals surface area contributed by atoms with Crippen molar-refractivity contribution in [2.75, 3.05) is 0 Å². The number of H-pyrrole nitrogens is 1. The van der Waals surface area contributed by atoms with Gasteiger partial charge in [-0.25, -0.2) is 4.79 Å². The topological polar surface area (TPSA) is 70.2 Å². The van der Waals surface area contributed by atoms with Gasteiger partial charge < -0.3 is 10.1 Å². The van der Waals surface area contributed by atoms with E-state index >= 15 is 0 Å². The van der Waals surface area contributed by atoms with Crippen molar-refractivity contribution in [1.29, 1.82) is 0 Å². The Morgan fingerprint density at radius 1 is 1.33 bits per heavy atom. The van der Waals surface area contributed by atoms with Crippen LogP contribution in [0.4, 0.5) is 0 Å². The number of benzene rings is 1. The third-order valence-electron chi connectivity index (χ3n) is 2.52. The van der Waals surface area contributed by atoms with Gasteiger partial charge in [0.2, 0.25) is 0 Å². The summed E-state index contributed by atoms with van der Waals surface area (Å²) in [6.45, 7) is 1.72. The van der Waals surface area contributed by atoms with Gasteiger partial charge in [-0.15, -0.1) is 0 Å². The van der Waals surface area contributed by atoms with Crippen LogP contribution in [0.3, 0.4) is 0 Å². The largest absolute Gasteiger partial charge is 0.477 e. The molecule has 0 aliphatic rings. The van der Waals surface area contributed by atoms with Crippen LogP contribution in [0.2, 0.25) is 0 Å². The zero-order valence-corrected chi connectivity index (χ0v) is 11.1. The van der Waals surface area contributed by atoms with Gasteiger partial charge in [0.05, 0.1) is 0 Å². The van der Waals surface area contributed by atoms with Crippen LogP contribution in [0.1, 0.15) is 16.1 Å². The van der Waals surface area contributed by atoms with Crippen LogP contribution in [0.15, 0.2) is 39.6 Å². The normalized spacial score (nSPS) is 10.3. The smallest absolute Gasteiger partial charge is 0.341 e. The molecule has 5 heteroatoms. The number of nitrogens with one attached hydrogen (secondary N) is 1. The fraction of sp³-hybridized carbons (Fsp3) is 0.0769. The number of carboxylic acids is 1. The van der Waals surface area contributed by atoms with Crippen LogP contribution in [0.25, 0.3) is 11.1 Å². The number of pyridine rings is 1. The second-order valence-electron chi connectivity index (χ2n) is 3.89. The molecule has 0 bridgehead atoms. The fourth-order valence-corrected chi connectivity index (χ4v) is 2.18. The number of hydrogen-bond donors (Lipinski definition) is 2. The standard InChI is InChI=1S/C13H10BrNO3/c1-7-5-10(8-3-2-4-9(14)6-8)11(13(17)18)12(16)15-7/h2-6H,1H3,(H,15,16)(H,17,18). The van der Waals surface area contributed by atoms with E-state index in [9.17, 15) is 9.59 Å². The summed E-state index contributed by atoms with van der Waals surface area (Å²) in [6, 6.07) is 8.84. The van der Waals surface area contributed by atoms with Crippen molar-refractivity contribution >= 4 is 21.9 Å². The van der Waals surface area contributed by atoms with Gasteiger partial charge >= 0.3 is 5.97 Å². The van der Waals surface area contributed by atoms with E-state index in [2.05, 4.69) is 20.9 Å². The lowest BCUT2D eigenvalue weighted by Gasteiger charge is -2.07. The molecule has 0 aliphatic heterocycles. The minimum Gasteiger partial charge on any atom is -0.477 e. The molecular formula is C13H10BrNO3. The predicted octanol–water partition coefficient (Wildman–Crippen LogP) is 2.81. The lowest BCUT2D eigenvalue weighted by molar-refractivity contribution is 0.0696. The molecule has 2 aromatic rings. The summed E-state index contributed by atoms with van der Waals surface area (Å²) in [6.07, 6.45) is 0. The van der Waals surface area contributed by atoms with Crippen molar-refractivity contribution in [2.24, 2.45) is 0 Å². The van der Waals surface area contributed by atoms with Crippen molar-refractivity contribution < 1.29 is 9.90 Å². The molecule has 0 atom stereocenters. The first-order chi connectivity index (χ1) is 8.49. The molecule has 2 rings (SSSR count). The lowest BCUT2D eigenvalue weighted by atomic mass is 10.0. The molecule has 92 valence electrons. The summed E-state index contributed by atoms with van der Waals surface area (Å²) in [5.74, 6) is -1.23. The van der Waals surface area contributed by atoms with Crippen molar-refractivity contribution in [2.45, 2.75) is 6.92 Å². The Balaban J connectivity index is 2.78. The number of aromatic amines is 1. The molecule has 2 N–H and O–H groups in total. The van der Waals surface area contributed by atoms with Crippen molar-refractivity contribution in [3.63, 3.8) is 0 Å². The van der Waals surface area contributed by atoms with E-state index in [1.165, 1.54) is 0 Å². The van der Waals surface area contributed by atoms with E-state index in [1.54, 1.807) is 31.2 Å². The molecule has 0 unspecified atom stereocenters. The zero-order valence-electron chi connectivity index (χ0n) is 9.53. The van der Waals surface area contributed by atoms with E-state index in [0.29, 0.717) is 16.8 Å². The molecule has 4 nitrogen and oxygen atoms in total. The Kier molecular flexibility index (Phi) is 3.34. The Labute approximate surface area is 111 Å². The summed E-state index contributed by atoms with van der Waals surface area (Å²) in [5, 5.41) is 9.14. The maximum absolute atomic E-state index is 11.7. The molecule has 0 saturated carbocycles. The van der Waals surface area contributed by atoms with Gasteiger partial charge in [-0.2, -0.15) is 0 Å². The average molecular weight is 308 g/mol. The number of aromatic nitrogens is 1. The number of aromatic carboxylic acids is 1. The Morgan fingerprint density at radius 2 is 2.06 bits per heavy atom. The second kappa shape index (κ2) is 4.78. The monoisotopic (exact) mass is 307 g/mol. The first-order valence-electron chi connectivity index (χ1n) is 5.22. The zero-order chi connectivity index (χ0) is 13.3. The Hall–Kier alpha value is -1.88. The first kappa shape index (κ1) is 12.6. The van der Waals surface area contributed by atoms with Gasteiger partial charge in [0.25, 0.3) is 5.56 Å². The van der Waals surface area contributed by atoms with E-state index in [-0.39, 0.29) is 5.56 Å². The minimum atomic E-state index is -1.23. The molecule has 0 spiro atoms. The highest BCUT2D eigenvalue weighted by Gasteiger charge is 2.16. The van der Waals surface area contributed by atoms with Crippen LogP contribution in [-0.2, 0) is 0 Å². The summed E-state index contributed by atoms with van der Waals surface area (Å²) in [5.41, 5.74) is 0.914. The third kappa shape index (κ3) is 2.36. The average Bonchev–Trinajstić information content (AvgIpc) is 2.27. The summed E-state index contributed by atoms with van der Waals surface area (Å²) < 4.78 is 0.828. The van der Waals surface area contributed by atoms with E-state index in [1.807, 2.05) is 6.07 Å². The van der Waals surface area contributed by atoms with Crippen LogP contribution in [0.5, 0.6) is 0 Å². The number of carbonyl (C=O) groups is 1. The molecule has 0 saturated heterocycles. The number of hydrogen-bond acceptors (Lipinski definition) is 2. The fourth-order valence-electron chi connectivity index (χ4n) is 1.78. The molecule has 0 aliphatic carbocycles. The summed E-state index contributed by atoms with van der Waals surface area (Å²) in [7, 11) is 0. The molecule has 0 fully saturated rings. The number of rotatable bonds is 2. The first-order valence-corrected chi connectivity index (χ1v) is 6.01. The molecule has 0 amide bonds. The SMILES string of the molecule is Cc1cc(-c2cccc(Br)c2)c(C(=O)O)c(=O)[nH]1. The van der Waals surface area contributed by atoms with E-state index < -0.39 is 11.5 Å². The molecule has 1 heterocycles. The highest BCUT2D eigenvalue weighted by Crippen LogP contribution is 2.25. The number of carboxylic acid groups (broad SMARTS) is 1. The maximum atomic E-state index is 11.7. The quantitative estimate of drug-likeness (QED) is 0.896. The Morgan fingerprint density at radius 3 is 2.67 bits per heavy atom. The van der Waals surface area contributed by atoms with Crippen LogP contribution in [0, 0.1) is 6.92 Å². The molecule has 1 aromatic carbocycles. The van der Waals surface area contributed by atoms with Crippen molar-refractivity contribution in [3.8, 4) is 11.1 Å². The molecule has 0 radical (unpaired) electrons. The minimum absolute atomic E-state index is 0.237. The third-order valence-corrected chi connectivity index (χ3v) is 3.01. The number of aryl methyl sites for hydroxylation is 1. The number of halogens is 1. The Bertz CT molecular complexity index is 676. The van der Waals surface area contributed by atoms with Gasteiger partial charge in [0.15, 0.2) is 0 Å². The van der Waals surface area contributed by atoms with Gasteiger partial charge in [0, 0.05) is 15.7 Å². The van der Waals surface area contributed by atoms with Crippen molar-refractivity contribution in [3.05, 3.63) is 56.4 Å². The molecule has 18 heavy (non-hydrogen) atoms. The van der Waals surface area contributed by atoms with Gasteiger partial charge in [-0.1, -0.05) is 28.1 Å². The van der Waals surface area contributed by atoms with Crippen LogP contribution in [-0.4, -0.2) is 16.1 Å². The summed E-state index contributed by atoms with van der Waals surface area (Å²) in [4.78, 5) is 25.4. The summed E-state index contributed by atoms with van der Waals surface area (Å²) >= 11 is 3.32. The van der Waals surface area contributed by atoms with Crippen molar-refractivity contribution in [1.82, 2.24) is 4.98 Å². The molecular weight excluding hydrogens is 298 g/mol. The lowest BCUT2D eigenvalue weighted by Crippen LogP contribution is -2.19. The predicted molar refractivity (Wildman–Crippen MR) is 71.9 cm³/mol. The highest BCUT2D eigenvalue weighted by atomic mass is 79.9.